The Kier molecular flexibility index (Phi) is 10.7. The monoisotopic (exact) mass is 591 g/mol. The molecule has 2 aliphatic heterocycles. The van der Waals surface area contributed by atoms with Crippen LogP contribution in [0, 0.1) is 5.92 Å². The zero-order chi connectivity index (χ0) is 31.0. The second-order valence-electron chi connectivity index (χ2n) is 11.1. The summed E-state index contributed by atoms with van der Waals surface area (Å²) in [5.41, 5.74) is 0.645. The summed E-state index contributed by atoms with van der Waals surface area (Å²) in [6.07, 6.45) is 5.85. The smallest absolute Gasteiger partial charge is 0.305 e. The van der Waals surface area contributed by atoms with Gasteiger partial charge in [0.05, 0.1) is 19.4 Å². The fourth-order valence-corrected chi connectivity index (χ4v) is 5.75. The highest BCUT2D eigenvalue weighted by molar-refractivity contribution is 6.08. The average Bonchev–Trinajstić information content (AvgIpc) is 3.54. The van der Waals surface area contributed by atoms with Crippen LogP contribution in [0.1, 0.15) is 56.6 Å². The molecule has 2 N–H and O–H groups in total. The highest BCUT2D eigenvalue weighted by Gasteiger charge is 2.52. The maximum Gasteiger partial charge on any atom is 0.305 e. The molecule has 43 heavy (non-hydrogen) atoms. The molecule has 1 fully saturated rings. The summed E-state index contributed by atoms with van der Waals surface area (Å²) < 4.78 is 4.71. The lowest BCUT2D eigenvalue weighted by Gasteiger charge is -2.28. The van der Waals surface area contributed by atoms with Crippen molar-refractivity contribution in [2.45, 2.75) is 57.6 Å². The maximum absolute atomic E-state index is 13.9. The van der Waals surface area contributed by atoms with E-state index in [-0.39, 0.29) is 43.8 Å². The first kappa shape index (κ1) is 31.9. The van der Waals surface area contributed by atoms with E-state index in [2.05, 4.69) is 0 Å². The van der Waals surface area contributed by atoms with Crippen LogP contribution in [0.25, 0.3) is 0 Å². The number of carbonyl (C=O) groups is 4. The van der Waals surface area contributed by atoms with Crippen LogP contribution >= 0.6 is 0 Å². The normalized spacial score (nSPS) is 18.8. The molecule has 2 heterocycles. The molecule has 2 aromatic carbocycles. The lowest BCUT2D eigenvalue weighted by atomic mass is 9.82. The number of hydrogen-bond acceptors (Lipinski definition) is 7. The van der Waals surface area contributed by atoms with Crippen molar-refractivity contribution < 1.29 is 34.1 Å². The van der Waals surface area contributed by atoms with Crippen LogP contribution in [0.2, 0.25) is 0 Å². The Bertz CT molecular complexity index is 1350. The Morgan fingerprint density at radius 3 is 2.58 bits per heavy atom. The van der Waals surface area contributed by atoms with Crippen LogP contribution in [-0.4, -0.2) is 72.2 Å². The molecule has 0 saturated carbocycles. The van der Waals surface area contributed by atoms with Crippen LogP contribution in [0.3, 0.4) is 0 Å². The third kappa shape index (κ3) is 7.14. The number of amides is 3. The van der Waals surface area contributed by atoms with Crippen molar-refractivity contribution in [2.24, 2.45) is 5.92 Å². The molecule has 4 rings (SSSR count). The molecule has 2 atom stereocenters. The lowest BCUT2D eigenvalue weighted by molar-refractivity contribution is -0.140. The summed E-state index contributed by atoms with van der Waals surface area (Å²) >= 11 is 0. The lowest BCUT2D eigenvalue weighted by Crippen LogP contribution is -2.44. The first-order chi connectivity index (χ1) is 20.7. The van der Waals surface area contributed by atoms with Crippen molar-refractivity contribution in [3.05, 3.63) is 71.8 Å². The predicted octanol–water partition coefficient (Wildman–Crippen LogP) is 3.29. The van der Waals surface area contributed by atoms with Gasteiger partial charge in [-0.2, -0.15) is 0 Å². The SMILES string of the molecule is COC(=O)CCCCN1C(=O)[C@@](O)([C@@H](C)/C=C/CC(=O)N(CCO)Cc2ccccc2)c2cc(N3CCCC3=O)ccc21. The van der Waals surface area contributed by atoms with Gasteiger partial charge in [0.1, 0.15) is 0 Å². The summed E-state index contributed by atoms with van der Waals surface area (Å²) in [6.45, 7) is 3.00. The molecule has 0 aliphatic carbocycles. The van der Waals surface area contributed by atoms with Gasteiger partial charge in [0, 0.05) is 62.6 Å². The second kappa shape index (κ2) is 14.4. The summed E-state index contributed by atoms with van der Waals surface area (Å²) in [5.74, 6) is -1.69. The number of ether oxygens (including phenoxy) is 1. The minimum atomic E-state index is -1.91. The molecule has 0 spiro atoms. The van der Waals surface area contributed by atoms with Gasteiger partial charge >= 0.3 is 5.97 Å². The fraction of sp³-hybridized carbons (Fsp3) is 0.455. The molecule has 230 valence electrons. The summed E-state index contributed by atoms with van der Waals surface area (Å²) in [4.78, 5) is 55.7. The number of hydrogen-bond donors (Lipinski definition) is 2. The predicted molar refractivity (Wildman–Crippen MR) is 162 cm³/mol. The first-order valence-corrected chi connectivity index (χ1v) is 14.9. The number of nitrogens with zero attached hydrogens (tertiary/aromatic N) is 3. The zero-order valence-electron chi connectivity index (χ0n) is 24.9. The minimum absolute atomic E-state index is 0.00173. The first-order valence-electron chi connectivity index (χ1n) is 14.9. The van der Waals surface area contributed by atoms with Gasteiger partial charge in [0.15, 0.2) is 5.60 Å². The molecule has 0 radical (unpaired) electrons. The van der Waals surface area contributed by atoms with Crippen LogP contribution in [0.4, 0.5) is 11.4 Å². The van der Waals surface area contributed by atoms with Crippen molar-refractivity contribution in [1.82, 2.24) is 4.90 Å². The van der Waals surface area contributed by atoms with E-state index in [0.29, 0.717) is 55.8 Å². The number of aliphatic hydroxyl groups is 2. The van der Waals surface area contributed by atoms with Gasteiger partial charge in [0.2, 0.25) is 11.8 Å². The van der Waals surface area contributed by atoms with Gasteiger partial charge in [-0.25, -0.2) is 0 Å². The molecule has 3 amide bonds. The van der Waals surface area contributed by atoms with Gasteiger partial charge in [-0.15, -0.1) is 0 Å². The Labute approximate surface area is 252 Å². The zero-order valence-corrected chi connectivity index (χ0v) is 24.9. The number of anilines is 2. The molecule has 2 aromatic rings. The highest BCUT2D eigenvalue weighted by atomic mass is 16.5. The Morgan fingerprint density at radius 2 is 1.91 bits per heavy atom. The summed E-state index contributed by atoms with van der Waals surface area (Å²) in [5, 5.41) is 21.6. The van der Waals surface area contributed by atoms with E-state index in [1.165, 1.54) is 7.11 Å². The van der Waals surface area contributed by atoms with Gasteiger partial charge < -0.3 is 29.6 Å². The standard InChI is InChI=1S/C33H41N3O7/c1-24(10-8-13-29(38)34(20-21-37)23-25-11-4-3-5-12-25)33(42)27-22-26(35-19-9-14-30(35)39)16-17-28(27)36(32(33)41)18-7-6-15-31(40)43-2/h3-5,8,10-12,16-17,22,24,37,42H,6-7,9,13-15,18-21,23H2,1-2H3/b10-8+/t24-,33+/m0/s1. The minimum Gasteiger partial charge on any atom is -0.469 e. The topological polar surface area (TPSA) is 128 Å². The molecule has 10 heteroatoms. The van der Waals surface area contributed by atoms with E-state index in [4.69, 9.17) is 4.74 Å². The second-order valence-corrected chi connectivity index (χ2v) is 11.1. The van der Waals surface area contributed by atoms with Gasteiger partial charge in [-0.05, 0) is 43.0 Å². The summed E-state index contributed by atoms with van der Waals surface area (Å²) in [7, 11) is 1.33. The maximum atomic E-state index is 13.9. The number of unbranched alkanes of at least 4 members (excludes halogenated alkanes) is 1. The summed E-state index contributed by atoms with van der Waals surface area (Å²) in [6, 6.07) is 14.8. The number of esters is 1. The molecule has 1 saturated heterocycles. The van der Waals surface area contributed by atoms with Crippen molar-refractivity contribution in [3.8, 4) is 0 Å². The molecule has 2 aliphatic rings. The third-order valence-corrected chi connectivity index (χ3v) is 8.19. The Balaban J connectivity index is 1.54. The Hall–Kier alpha value is -4.02. The molecular weight excluding hydrogens is 550 g/mol. The van der Waals surface area contributed by atoms with Crippen LogP contribution in [0.15, 0.2) is 60.7 Å². The van der Waals surface area contributed by atoms with Crippen LogP contribution in [0.5, 0.6) is 0 Å². The van der Waals surface area contributed by atoms with Crippen molar-refractivity contribution >= 4 is 35.1 Å². The average molecular weight is 592 g/mol. The number of carbonyl (C=O) groups excluding carboxylic acids is 4. The van der Waals surface area contributed by atoms with Crippen molar-refractivity contribution in [3.63, 3.8) is 0 Å². The number of methoxy groups -OCH3 is 1. The molecule has 0 unspecified atom stereocenters. The van der Waals surface area contributed by atoms with E-state index in [9.17, 15) is 29.4 Å². The van der Waals surface area contributed by atoms with E-state index in [1.54, 1.807) is 52.0 Å². The molecule has 10 nitrogen and oxygen atoms in total. The molecule has 0 aromatic heterocycles. The van der Waals surface area contributed by atoms with E-state index >= 15 is 0 Å². The van der Waals surface area contributed by atoms with E-state index in [0.717, 1.165) is 12.0 Å². The van der Waals surface area contributed by atoms with Crippen LogP contribution < -0.4 is 9.80 Å². The van der Waals surface area contributed by atoms with E-state index in [1.807, 2.05) is 30.3 Å². The Morgan fingerprint density at radius 1 is 1.14 bits per heavy atom. The molecule has 0 bridgehead atoms. The number of fused-ring (bicyclic) bond motifs is 1. The van der Waals surface area contributed by atoms with E-state index < -0.39 is 17.4 Å². The van der Waals surface area contributed by atoms with Gasteiger partial charge in [-0.1, -0.05) is 49.4 Å². The van der Waals surface area contributed by atoms with Gasteiger partial charge in [0.25, 0.3) is 5.91 Å². The quantitative estimate of drug-likeness (QED) is 0.196. The fourth-order valence-electron chi connectivity index (χ4n) is 5.75. The third-order valence-electron chi connectivity index (χ3n) is 8.19. The largest absolute Gasteiger partial charge is 0.469 e. The van der Waals surface area contributed by atoms with Crippen molar-refractivity contribution in [1.29, 1.82) is 0 Å². The van der Waals surface area contributed by atoms with Crippen LogP contribution in [-0.2, 0) is 36.1 Å². The number of benzene rings is 2. The highest BCUT2D eigenvalue weighted by Crippen LogP contribution is 2.47. The van der Waals surface area contributed by atoms with Crippen molar-refractivity contribution in [2.75, 3.05) is 43.2 Å². The number of rotatable bonds is 14. The van der Waals surface area contributed by atoms with Gasteiger partial charge in [-0.3, -0.25) is 19.2 Å². The molecular formula is C33H41N3O7. The number of aliphatic hydroxyl groups excluding tert-OH is 1.